The molecule has 3 aromatic rings. The zero-order chi connectivity index (χ0) is 17.9. The van der Waals surface area contributed by atoms with Crippen molar-refractivity contribution in [3.63, 3.8) is 0 Å². The lowest BCUT2D eigenvalue weighted by molar-refractivity contribution is 0.312. The molecule has 0 aliphatic carbocycles. The van der Waals surface area contributed by atoms with E-state index in [0.29, 0.717) is 0 Å². The van der Waals surface area contributed by atoms with Crippen molar-refractivity contribution >= 4 is 38.3 Å². The second kappa shape index (κ2) is 7.60. The van der Waals surface area contributed by atoms with Crippen LogP contribution in [-0.4, -0.2) is 48.1 Å². The van der Waals surface area contributed by atoms with Crippen molar-refractivity contribution in [2.45, 2.75) is 6.54 Å². The van der Waals surface area contributed by atoms with Crippen LogP contribution >= 0.6 is 15.9 Å². The number of rotatable bonds is 4. The molecule has 1 aromatic carbocycles. The van der Waals surface area contributed by atoms with Crippen LogP contribution < -0.4 is 10.2 Å². The van der Waals surface area contributed by atoms with E-state index in [9.17, 15) is 0 Å². The first kappa shape index (κ1) is 17.2. The van der Waals surface area contributed by atoms with E-state index in [1.165, 1.54) is 5.56 Å². The highest BCUT2D eigenvalue weighted by Gasteiger charge is 2.18. The van der Waals surface area contributed by atoms with Crippen molar-refractivity contribution in [2.24, 2.45) is 0 Å². The number of para-hydroxylation sites is 1. The normalized spacial score (nSPS) is 15.4. The summed E-state index contributed by atoms with van der Waals surface area (Å²) < 4.78 is 1.01. The third-order valence-corrected chi connectivity index (χ3v) is 5.50. The lowest BCUT2D eigenvalue weighted by atomic mass is 10.1. The van der Waals surface area contributed by atoms with Gasteiger partial charge in [0.05, 0.1) is 5.52 Å². The Balaban J connectivity index is 1.57. The minimum atomic E-state index is 0.737. The van der Waals surface area contributed by atoms with Gasteiger partial charge in [0, 0.05) is 66.2 Å². The molecule has 0 bridgehead atoms. The van der Waals surface area contributed by atoms with Crippen molar-refractivity contribution in [1.82, 2.24) is 14.9 Å². The Labute approximate surface area is 162 Å². The van der Waals surface area contributed by atoms with E-state index in [1.807, 2.05) is 36.7 Å². The maximum Gasteiger partial charge on any atom is 0.133 e. The lowest BCUT2D eigenvalue weighted by Gasteiger charge is -2.34. The predicted octanol–water partition coefficient (Wildman–Crippen LogP) is 3.76. The Morgan fingerprint density at radius 1 is 1.00 bits per heavy atom. The second-order valence-electron chi connectivity index (χ2n) is 6.62. The van der Waals surface area contributed by atoms with Crippen molar-refractivity contribution < 1.29 is 0 Å². The van der Waals surface area contributed by atoms with Gasteiger partial charge in [0.25, 0.3) is 0 Å². The molecule has 1 N–H and O–H groups in total. The number of nitrogens with one attached hydrogen (secondary N) is 1. The van der Waals surface area contributed by atoms with Gasteiger partial charge < -0.3 is 15.1 Å². The summed E-state index contributed by atoms with van der Waals surface area (Å²) in [5.74, 6) is 1.09. The van der Waals surface area contributed by atoms with Gasteiger partial charge in [0.1, 0.15) is 5.82 Å². The molecule has 0 spiro atoms. The number of nitrogens with zero attached hydrogens (tertiary/aromatic N) is 4. The van der Waals surface area contributed by atoms with Gasteiger partial charge in [-0.1, -0.05) is 18.2 Å². The Hall–Kier alpha value is -2.18. The molecule has 26 heavy (non-hydrogen) atoms. The van der Waals surface area contributed by atoms with Gasteiger partial charge in [-0.3, -0.25) is 4.98 Å². The Kier molecular flexibility index (Phi) is 5.04. The van der Waals surface area contributed by atoms with Gasteiger partial charge in [-0.15, -0.1) is 0 Å². The first-order valence-electron chi connectivity index (χ1n) is 8.87. The molecule has 3 heterocycles. The monoisotopic (exact) mass is 411 g/mol. The molecule has 0 amide bonds. The number of hydrogen-bond acceptors (Lipinski definition) is 5. The third kappa shape index (κ3) is 3.52. The van der Waals surface area contributed by atoms with Crippen LogP contribution in [0.25, 0.3) is 10.9 Å². The molecule has 1 saturated heterocycles. The average molecular weight is 412 g/mol. The average Bonchev–Trinajstić information content (AvgIpc) is 2.68. The van der Waals surface area contributed by atoms with Crippen LogP contribution in [0.2, 0.25) is 0 Å². The smallest absolute Gasteiger partial charge is 0.133 e. The number of likely N-dealkylation sites (N-methyl/N-ethyl adjacent to an activating group) is 1. The van der Waals surface area contributed by atoms with Crippen LogP contribution in [-0.2, 0) is 6.54 Å². The van der Waals surface area contributed by atoms with Crippen LogP contribution in [0.5, 0.6) is 0 Å². The van der Waals surface area contributed by atoms with Crippen LogP contribution in [0.15, 0.2) is 53.3 Å². The standard InChI is InChI=1S/C20H22BrN5/c1-25-10-12-26(13-11-25)20-15(4-3-8-23-20)14-24-18-7-9-22-19-16(18)5-2-6-17(19)21/h2-9H,10-14H2,1H3,(H,22,24). The fourth-order valence-electron chi connectivity index (χ4n) is 3.36. The zero-order valence-electron chi connectivity index (χ0n) is 14.8. The van der Waals surface area contributed by atoms with E-state index in [-0.39, 0.29) is 0 Å². The molecule has 6 heteroatoms. The molecule has 1 aliphatic heterocycles. The Bertz CT molecular complexity index is 906. The molecule has 134 valence electrons. The van der Waals surface area contributed by atoms with E-state index >= 15 is 0 Å². The molecule has 0 saturated carbocycles. The van der Waals surface area contributed by atoms with Crippen LogP contribution in [0.3, 0.4) is 0 Å². The highest BCUT2D eigenvalue weighted by atomic mass is 79.9. The first-order valence-corrected chi connectivity index (χ1v) is 9.66. The molecule has 0 atom stereocenters. The summed E-state index contributed by atoms with van der Waals surface area (Å²) in [6.07, 6.45) is 3.73. The van der Waals surface area contributed by atoms with Crippen molar-refractivity contribution in [3.8, 4) is 0 Å². The van der Waals surface area contributed by atoms with Gasteiger partial charge in [-0.25, -0.2) is 4.98 Å². The molecular formula is C20H22BrN5. The number of fused-ring (bicyclic) bond motifs is 1. The zero-order valence-corrected chi connectivity index (χ0v) is 16.4. The molecular weight excluding hydrogens is 390 g/mol. The summed E-state index contributed by atoms with van der Waals surface area (Å²) in [7, 11) is 2.17. The Morgan fingerprint density at radius 3 is 2.69 bits per heavy atom. The Morgan fingerprint density at radius 2 is 1.85 bits per heavy atom. The van der Waals surface area contributed by atoms with E-state index in [1.54, 1.807) is 0 Å². The number of piperazine rings is 1. The van der Waals surface area contributed by atoms with Gasteiger partial charge in [0.2, 0.25) is 0 Å². The maximum absolute atomic E-state index is 4.66. The second-order valence-corrected chi connectivity index (χ2v) is 7.48. The van der Waals surface area contributed by atoms with Crippen molar-refractivity contribution in [1.29, 1.82) is 0 Å². The summed E-state index contributed by atoms with van der Waals surface area (Å²) in [6, 6.07) is 12.4. The molecule has 0 unspecified atom stereocenters. The molecule has 4 rings (SSSR count). The lowest BCUT2D eigenvalue weighted by Crippen LogP contribution is -2.45. The molecule has 5 nitrogen and oxygen atoms in total. The van der Waals surface area contributed by atoms with E-state index in [2.05, 4.69) is 60.2 Å². The number of aromatic nitrogens is 2. The number of anilines is 2. The molecule has 0 radical (unpaired) electrons. The molecule has 1 fully saturated rings. The van der Waals surface area contributed by atoms with Crippen molar-refractivity contribution in [3.05, 3.63) is 58.8 Å². The molecule has 2 aromatic heterocycles. The van der Waals surface area contributed by atoms with Crippen molar-refractivity contribution in [2.75, 3.05) is 43.4 Å². The summed E-state index contributed by atoms with van der Waals surface area (Å²) in [4.78, 5) is 13.9. The predicted molar refractivity (Wildman–Crippen MR) is 111 cm³/mol. The van der Waals surface area contributed by atoms with Crippen LogP contribution in [0.1, 0.15) is 5.56 Å². The van der Waals surface area contributed by atoms with Gasteiger partial charge in [-0.05, 0) is 41.2 Å². The fraction of sp³-hybridized carbons (Fsp3) is 0.300. The summed E-state index contributed by atoms with van der Waals surface area (Å²) in [6.45, 7) is 4.93. The molecule has 1 aliphatic rings. The van der Waals surface area contributed by atoms with E-state index in [0.717, 1.165) is 59.6 Å². The highest BCUT2D eigenvalue weighted by molar-refractivity contribution is 9.10. The number of hydrogen-bond donors (Lipinski definition) is 1. The minimum absolute atomic E-state index is 0.737. The minimum Gasteiger partial charge on any atom is -0.380 e. The summed E-state index contributed by atoms with van der Waals surface area (Å²) in [5.41, 5.74) is 3.28. The van der Waals surface area contributed by atoms with Gasteiger partial charge in [0.15, 0.2) is 0 Å². The van der Waals surface area contributed by atoms with E-state index < -0.39 is 0 Å². The van der Waals surface area contributed by atoms with Gasteiger partial charge in [-0.2, -0.15) is 0 Å². The number of benzene rings is 1. The summed E-state index contributed by atoms with van der Waals surface area (Å²) in [5, 5.41) is 4.70. The number of pyridine rings is 2. The van der Waals surface area contributed by atoms with E-state index in [4.69, 9.17) is 0 Å². The summed E-state index contributed by atoms with van der Waals surface area (Å²) >= 11 is 3.58. The number of halogens is 1. The fourth-order valence-corrected chi connectivity index (χ4v) is 3.82. The van der Waals surface area contributed by atoms with Crippen LogP contribution in [0, 0.1) is 0 Å². The maximum atomic E-state index is 4.66. The van der Waals surface area contributed by atoms with Crippen LogP contribution in [0.4, 0.5) is 11.5 Å². The first-order chi connectivity index (χ1) is 12.7. The van der Waals surface area contributed by atoms with Gasteiger partial charge >= 0.3 is 0 Å². The quantitative estimate of drug-likeness (QED) is 0.707. The largest absolute Gasteiger partial charge is 0.380 e. The SMILES string of the molecule is CN1CCN(c2ncccc2CNc2ccnc3c(Br)cccc23)CC1. The topological polar surface area (TPSA) is 44.3 Å². The third-order valence-electron chi connectivity index (χ3n) is 4.86. The highest BCUT2D eigenvalue weighted by Crippen LogP contribution is 2.28.